The van der Waals surface area contributed by atoms with Gasteiger partial charge < -0.3 is 15.1 Å². The smallest absolute Gasteiger partial charge is 0.347 e. The Kier molecular flexibility index (Phi) is 5.36. The number of likely N-dealkylation sites (N-methyl/N-ethyl adjacent to an activating group) is 1. The summed E-state index contributed by atoms with van der Waals surface area (Å²) in [7, 11) is 3.12. The molecule has 1 aromatic rings. The Morgan fingerprint density at radius 1 is 1.29 bits per heavy atom. The van der Waals surface area contributed by atoms with E-state index >= 15 is 0 Å². The highest BCUT2D eigenvalue weighted by molar-refractivity contribution is 5.84. The highest BCUT2D eigenvalue weighted by atomic mass is 19.4. The van der Waals surface area contributed by atoms with Gasteiger partial charge in [-0.1, -0.05) is 18.2 Å². The first-order chi connectivity index (χ1) is 11.2. The third-order valence-corrected chi connectivity index (χ3v) is 4.03. The van der Waals surface area contributed by atoms with Crippen molar-refractivity contribution in [3.63, 3.8) is 0 Å². The molecule has 0 radical (unpaired) electrons. The molecule has 1 aliphatic rings. The molecule has 1 fully saturated rings. The number of benzene rings is 1. The maximum absolute atomic E-state index is 13.2. The van der Waals surface area contributed by atoms with Crippen LogP contribution in [0, 0.1) is 0 Å². The molecule has 3 amide bonds. The van der Waals surface area contributed by atoms with Gasteiger partial charge >= 0.3 is 12.2 Å². The number of nitrogens with zero attached hydrogens (tertiary/aromatic N) is 2. The maximum Gasteiger partial charge on any atom is 0.416 e. The molecular formula is C16H20F3N3O2. The quantitative estimate of drug-likeness (QED) is 0.917. The van der Waals surface area contributed by atoms with Crippen LogP contribution in [0.25, 0.3) is 0 Å². The summed E-state index contributed by atoms with van der Waals surface area (Å²) in [6.07, 6.45) is -3.39. The molecule has 1 saturated heterocycles. The summed E-state index contributed by atoms with van der Waals surface area (Å²) < 4.78 is 39.6. The molecule has 1 unspecified atom stereocenters. The summed E-state index contributed by atoms with van der Waals surface area (Å²) in [6, 6.07) is 4.14. The average Bonchev–Trinajstić information content (AvgIpc) is 3.00. The van der Waals surface area contributed by atoms with Crippen LogP contribution < -0.4 is 5.32 Å². The Morgan fingerprint density at radius 3 is 2.58 bits per heavy atom. The van der Waals surface area contributed by atoms with E-state index in [1.54, 1.807) is 14.1 Å². The molecule has 0 aromatic heterocycles. The summed E-state index contributed by atoms with van der Waals surface area (Å²) in [6.45, 7) is 0.175. The lowest BCUT2D eigenvalue weighted by molar-refractivity contribution is -0.138. The van der Waals surface area contributed by atoms with Gasteiger partial charge in [-0.15, -0.1) is 0 Å². The molecule has 8 heteroatoms. The number of amides is 3. The van der Waals surface area contributed by atoms with Gasteiger partial charge in [0.1, 0.15) is 0 Å². The number of halogens is 3. The summed E-state index contributed by atoms with van der Waals surface area (Å²) in [5.74, 6) is -0.283. The summed E-state index contributed by atoms with van der Waals surface area (Å²) in [5, 5.41) is 2.48. The van der Waals surface area contributed by atoms with Gasteiger partial charge in [0.05, 0.1) is 18.2 Å². The number of carbonyl (C=O) groups excluding carboxylic acids is 2. The van der Waals surface area contributed by atoms with Gasteiger partial charge in [0.2, 0.25) is 5.91 Å². The highest BCUT2D eigenvalue weighted by Crippen LogP contribution is 2.40. The number of likely N-dealkylation sites (tertiary alicyclic amines) is 1. The summed E-state index contributed by atoms with van der Waals surface area (Å²) in [4.78, 5) is 26.5. The Balaban J connectivity index is 2.17. The van der Waals surface area contributed by atoms with E-state index in [9.17, 15) is 22.8 Å². The zero-order valence-corrected chi connectivity index (χ0v) is 13.6. The number of nitrogens with one attached hydrogen (secondary N) is 1. The molecule has 132 valence electrons. The standard InChI is InChI=1S/C16H20F3N3O2/c1-21(2)14(23)10-20-15(24)22-9-5-8-13(22)11-6-3-4-7-12(11)16(17,18)19/h3-4,6-7,13H,5,8-10H2,1-2H3,(H,20,24). The van der Waals surface area contributed by atoms with Crippen molar-refractivity contribution in [2.75, 3.05) is 27.2 Å². The van der Waals surface area contributed by atoms with Crippen LogP contribution in [-0.4, -0.2) is 48.9 Å². The van der Waals surface area contributed by atoms with Crippen LogP contribution in [0.1, 0.15) is 30.0 Å². The van der Waals surface area contributed by atoms with Crippen LogP contribution in [0.2, 0.25) is 0 Å². The van der Waals surface area contributed by atoms with Crippen LogP contribution in [0.3, 0.4) is 0 Å². The van der Waals surface area contributed by atoms with Gasteiger partial charge in [-0.2, -0.15) is 13.2 Å². The first-order valence-electron chi connectivity index (χ1n) is 7.62. The zero-order valence-electron chi connectivity index (χ0n) is 13.6. The first-order valence-corrected chi connectivity index (χ1v) is 7.62. The van der Waals surface area contributed by atoms with Crippen molar-refractivity contribution in [1.29, 1.82) is 0 Å². The van der Waals surface area contributed by atoms with Gasteiger partial charge in [-0.05, 0) is 24.5 Å². The van der Waals surface area contributed by atoms with E-state index in [1.165, 1.54) is 28.0 Å². The highest BCUT2D eigenvalue weighted by Gasteiger charge is 2.38. The lowest BCUT2D eigenvalue weighted by Crippen LogP contribution is -2.44. The Hall–Kier alpha value is -2.25. The number of hydrogen-bond donors (Lipinski definition) is 1. The second kappa shape index (κ2) is 7.11. The van der Waals surface area contributed by atoms with Crippen molar-refractivity contribution < 1.29 is 22.8 Å². The third kappa shape index (κ3) is 3.98. The fourth-order valence-electron chi connectivity index (χ4n) is 2.79. The zero-order chi connectivity index (χ0) is 17.9. The van der Waals surface area contributed by atoms with E-state index in [0.29, 0.717) is 19.4 Å². The van der Waals surface area contributed by atoms with E-state index in [-0.39, 0.29) is 18.0 Å². The van der Waals surface area contributed by atoms with Crippen LogP contribution in [0.15, 0.2) is 24.3 Å². The number of rotatable bonds is 3. The van der Waals surface area contributed by atoms with Crippen LogP contribution in [-0.2, 0) is 11.0 Å². The van der Waals surface area contributed by atoms with Gasteiger partial charge in [-0.25, -0.2) is 4.79 Å². The number of urea groups is 1. The van der Waals surface area contributed by atoms with E-state index in [2.05, 4.69) is 5.32 Å². The van der Waals surface area contributed by atoms with Crippen LogP contribution in [0.4, 0.5) is 18.0 Å². The van der Waals surface area contributed by atoms with Crippen molar-refractivity contribution in [3.05, 3.63) is 35.4 Å². The van der Waals surface area contributed by atoms with Crippen molar-refractivity contribution in [1.82, 2.24) is 15.1 Å². The predicted octanol–water partition coefficient (Wildman–Crippen LogP) is 2.64. The van der Waals surface area contributed by atoms with Gasteiger partial charge in [-0.3, -0.25) is 4.79 Å². The van der Waals surface area contributed by atoms with Gasteiger partial charge in [0.25, 0.3) is 0 Å². The Morgan fingerprint density at radius 2 is 1.96 bits per heavy atom. The minimum atomic E-state index is -4.47. The largest absolute Gasteiger partial charge is 0.416 e. The van der Waals surface area contributed by atoms with E-state index in [4.69, 9.17) is 0 Å². The molecule has 1 aliphatic heterocycles. The molecular weight excluding hydrogens is 323 g/mol. The lowest BCUT2D eigenvalue weighted by atomic mass is 9.98. The van der Waals surface area contributed by atoms with E-state index in [1.807, 2.05) is 0 Å². The van der Waals surface area contributed by atoms with Crippen molar-refractivity contribution in [2.45, 2.75) is 25.1 Å². The number of carbonyl (C=O) groups is 2. The molecule has 1 atom stereocenters. The molecule has 0 aliphatic carbocycles. The Bertz CT molecular complexity index is 617. The normalized spacial score (nSPS) is 17.7. The molecule has 1 heterocycles. The molecule has 0 bridgehead atoms. The second-order valence-electron chi connectivity index (χ2n) is 5.88. The monoisotopic (exact) mass is 343 g/mol. The van der Waals surface area contributed by atoms with Crippen LogP contribution in [0.5, 0.6) is 0 Å². The fourth-order valence-corrected chi connectivity index (χ4v) is 2.79. The van der Waals surface area contributed by atoms with Crippen molar-refractivity contribution in [2.24, 2.45) is 0 Å². The first kappa shape index (κ1) is 18.1. The topological polar surface area (TPSA) is 52.7 Å². The van der Waals surface area contributed by atoms with Crippen LogP contribution >= 0.6 is 0 Å². The second-order valence-corrected chi connectivity index (χ2v) is 5.88. The van der Waals surface area contributed by atoms with E-state index in [0.717, 1.165) is 6.07 Å². The molecule has 2 rings (SSSR count). The minimum Gasteiger partial charge on any atom is -0.347 e. The number of hydrogen-bond acceptors (Lipinski definition) is 2. The molecule has 0 saturated carbocycles. The molecule has 1 N–H and O–H groups in total. The fraction of sp³-hybridized carbons (Fsp3) is 0.500. The van der Waals surface area contributed by atoms with Gasteiger partial charge in [0.15, 0.2) is 0 Å². The number of alkyl halides is 3. The molecule has 0 spiro atoms. The SMILES string of the molecule is CN(C)C(=O)CNC(=O)N1CCCC1c1ccccc1C(F)(F)F. The third-order valence-electron chi connectivity index (χ3n) is 4.03. The molecule has 1 aromatic carbocycles. The van der Waals surface area contributed by atoms with Gasteiger partial charge in [0, 0.05) is 20.6 Å². The maximum atomic E-state index is 13.2. The Labute approximate surface area is 138 Å². The summed E-state index contributed by atoms with van der Waals surface area (Å²) in [5.41, 5.74) is -0.629. The molecule has 5 nitrogen and oxygen atoms in total. The average molecular weight is 343 g/mol. The molecule has 24 heavy (non-hydrogen) atoms. The lowest BCUT2D eigenvalue weighted by Gasteiger charge is -2.27. The van der Waals surface area contributed by atoms with E-state index < -0.39 is 23.8 Å². The minimum absolute atomic E-state index is 0.0941. The summed E-state index contributed by atoms with van der Waals surface area (Å²) >= 11 is 0. The van der Waals surface area contributed by atoms with Crippen molar-refractivity contribution >= 4 is 11.9 Å². The predicted molar refractivity (Wildman–Crippen MR) is 82.2 cm³/mol. The van der Waals surface area contributed by atoms with Crippen molar-refractivity contribution in [3.8, 4) is 0 Å².